The quantitative estimate of drug-likeness (QED) is 0.529. The normalized spacial score (nSPS) is 14.8. The van der Waals surface area contributed by atoms with E-state index in [9.17, 15) is 0 Å². The van der Waals surface area contributed by atoms with Gasteiger partial charge in [0.05, 0.1) is 0 Å². The maximum Gasteiger partial charge on any atom is 0.0237 e. The Morgan fingerprint density at radius 3 is 2.36 bits per heavy atom. The van der Waals surface area contributed by atoms with E-state index in [4.69, 9.17) is 0 Å². The first-order valence-corrected chi connectivity index (χ1v) is 9.56. The molecule has 0 bridgehead atoms. The number of benzene rings is 2. The minimum Gasteiger partial charge on any atom is -0.295 e. The molecule has 25 heavy (non-hydrogen) atoms. The molecule has 2 aromatic rings. The van der Waals surface area contributed by atoms with Gasteiger partial charge in [-0.25, -0.2) is 0 Å². The summed E-state index contributed by atoms with van der Waals surface area (Å²) in [5.41, 5.74) is 4.33. The van der Waals surface area contributed by atoms with Crippen molar-refractivity contribution in [1.82, 2.24) is 4.90 Å². The fraction of sp³-hybridized carbons (Fsp3) is 0.333. The van der Waals surface area contributed by atoms with Crippen LogP contribution in [0.2, 0.25) is 0 Å². The van der Waals surface area contributed by atoms with Crippen molar-refractivity contribution in [3.05, 3.63) is 89.5 Å². The fourth-order valence-corrected chi connectivity index (χ4v) is 3.41. The van der Waals surface area contributed by atoms with E-state index in [-0.39, 0.29) is 0 Å². The van der Waals surface area contributed by atoms with Gasteiger partial charge in [-0.2, -0.15) is 0 Å². The molecule has 0 saturated heterocycles. The van der Waals surface area contributed by atoms with Crippen molar-refractivity contribution in [2.75, 3.05) is 13.1 Å². The fourth-order valence-electron chi connectivity index (χ4n) is 3.41. The number of nitrogens with zero attached hydrogens (tertiary/aromatic N) is 1. The van der Waals surface area contributed by atoms with Crippen LogP contribution in [-0.2, 0) is 6.54 Å². The van der Waals surface area contributed by atoms with Crippen molar-refractivity contribution in [3.8, 4) is 0 Å². The first kappa shape index (κ1) is 17.7. The van der Waals surface area contributed by atoms with Gasteiger partial charge < -0.3 is 0 Å². The second-order valence-corrected chi connectivity index (χ2v) is 6.89. The first-order chi connectivity index (χ1) is 12.4. The Bertz CT molecular complexity index is 670. The highest BCUT2D eigenvalue weighted by Gasteiger charge is 2.08. The van der Waals surface area contributed by atoms with Crippen molar-refractivity contribution in [2.24, 2.45) is 0 Å². The van der Waals surface area contributed by atoms with Gasteiger partial charge in [0.15, 0.2) is 0 Å². The summed E-state index contributed by atoms with van der Waals surface area (Å²) in [4.78, 5) is 2.56. The number of allylic oxidation sites excluding steroid dienone is 1. The number of hydrogen-bond donors (Lipinski definition) is 0. The third-order valence-electron chi connectivity index (χ3n) is 4.86. The Kier molecular flexibility index (Phi) is 7.08. The molecule has 0 fully saturated rings. The number of hydrogen-bond acceptors (Lipinski definition) is 1. The molecule has 0 aliphatic heterocycles. The monoisotopic (exact) mass is 331 g/mol. The summed E-state index contributed by atoms with van der Waals surface area (Å²) in [7, 11) is 0. The lowest BCUT2D eigenvalue weighted by molar-refractivity contribution is 0.296. The smallest absolute Gasteiger partial charge is 0.0237 e. The standard InChI is InChI=1S/C24H29N/c1-4-11-22(12-5-1)17-10-19-25(21-24-15-8-3-9-16-24)20-18-23-13-6-2-7-14-23/h1,3-5,8-13,15-17H,2,6-7,14,18-21H2/b17-10+. The average Bonchev–Trinajstić information content (AvgIpc) is 2.68. The molecule has 0 N–H and O–H groups in total. The lowest BCUT2D eigenvalue weighted by Crippen LogP contribution is -2.25. The van der Waals surface area contributed by atoms with Crippen LogP contribution in [0.1, 0.15) is 43.2 Å². The molecule has 1 aliphatic carbocycles. The molecule has 1 aliphatic rings. The molecule has 0 atom stereocenters. The molecule has 0 radical (unpaired) electrons. The minimum absolute atomic E-state index is 0.997. The second-order valence-electron chi connectivity index (χ2n) is 6.89. The molecule has 0 saturated carbocycles. The van der Waals surface area contributed by atoms with Crippen molar-refractivity contribution in [2.45, 2.75) is 38.6 Å². The SMILES string of the molecule is C1=C(CCN(C/C=C/c2ccccc2)Cc2ccccc2)CCCC1. The van der Waals surface area contributed by atoms with E-state index in [0.717, 1.165) is 19.6 Å². The van der Waals surface area contributed by atoms with Gasteiger partial charge in [0.25, 0.3) is 0 Å². The second kappa shape index (κ2) is 10.0. The van der Waals surface area contributed by atoms with Crippen LogP contribution in [0.4, 0.5) is 0 Å². The van der Waals surface area contributed by atoms with Crippen molar-refractivity contribution in [1.29, 1.82) is 0 Å². The van der Waals surface area contributed by atoms with Crippen molar-refractivity contribution in [3.63, 3.8) is 0 Å². The van der Waals surface area contributed by atoms with E-state index in [1.807, 2.05) is 0 Å². The Hall–Kier alpha value is -2.12. The summed E-state index contributed by atoms with van der Waals surface area (Å²) in [5.74, 6) is 0. The van der Waals surface area contributed by atoms with Crippen LogP contribution >= 0.6 is 0 Å². The molecule has 0 spiro atoms. The highest BCUT2D eigenvalue weighted by molar-refractivity contribution is 5.48. The molecule has 130 valence electrons. The van der Waals surface area contributed by atoms with Crippen LogP contribution in [0.5, 0.6) is 0 Å². The van der Waals surface area contributed by atoms with Crippen LogP contribution in [0.3, 0.4) is 0 Å². The summed E-state index contributed by atoms with van der Waals surface area (Å²) >= 11 is 0. The van der Waals surface area contributed by atoms with Gasteiger partial charge in [0.1, 0.15) is 0 Å². The average molecular weight is 332 g/mol. The summed E-state index contributed by atoms with van der Waals surface area (Å²) < 4.78 is 0. The number of rotatable bonds is 8. The van der Waals surface area contributed by atoms with E-state index in [0.29, 0.717) is 0 Å². The third kappa shape index (κ3) is 6.36. The molecule has 0 amide bonds. The zero-order chi connectivity index (χ0) is 17.2. The Balaban J connectivity index is 1.59. The van der Waals surface area contributed by atoms with Gasteiger partial charge in [0, 0.05) is 19.6 Å². The van der Waals surface area contributed by atoms with Crippen molar-refractivity contribution >= 4 is 6.08 Å². The summed E-state index contributed by atoms with van der Waals surface area (Å²) in [6, 6.07) is 21.4. The van der Waals surface area contributed by atoms with Crippen LogP contribution in [0.25, 0.3) is 6.08 Å². The molecular formula is C24H29N. The molecule has 0 heterocycles. The molecule has 0 aromatic heterocycles. The molecule has 3 rings (SSSR count). The van der Waals surface area contributed by atoms with Gasteiger partial charge in [-0.05, 0) is 43.2 Å². The zero-order valence-corrected chi connectivity index (χ0v) is 15.1. The third-order valence-corrected chi connectivity index (χ3v) is 4.86. The highest BCUT2D eigenvalue weighted by Crippen LogP contribution is 2.20. The van der Waals surface area contributed by atoms with Gasteiger partial charge in [0.2, 0.25) is 0 Å². The molecule has 2 aromatic carbocycles. The summed E-state index contributed by atoms with van der Waals surface area (Å²) in [5, 5.41) is 0. The van der Waals surface area contributed by atoms with E-state index in [1.54, 1.807) is 5.57 Å². The van der Waals surface area contributed by atoms with Crippen LogP contribution in [0, 0.1) is 0 Å². The topological polar surface area (TPSA) is 3.24 Å². The predicted octanol–water partition coefficient (Wildman–Crippen LogP) is 6.09. The van der Waals surface area contributed by atoms with E-state index in [2.05, 4.69) is 83.8 Å². The Labute approximate surface area is 152 Å². The van der Waals surface area contributed by atoms with Gasteiger partial charge in [-0.15, -0.1) is 0 Å². The molecular weight excluding hydrogens is 302 g/mol. The Morgan fingerprint density at radius 2 is 1.64 bits per heavy atom. The molecule has 0 unspecified atom stereocenters. The van der Waals surface area contributed by atoms with Crippen LogP contribution < -0.4 is 0 Å². The summed E-state index contributed by atoms with van der Waals surface area (Å²) in [6.07, 6.45) is 13.6. The van der Waals surface area contributed by atoms with Crippen LogP contribution in [-0.4, -0.2) is 18.0 Å². The van der Waals surface area contributed by atoms with Gasteiger partial charge in [-0.1, -0.05) is 84.5 Å². The predicted molar refractivity (Wildman–Crippen MR) is 108 cm³/mol. The highest BCUT2D eigenvalue weighted by atomic mass is 15.1. The first-order valence-electron chi connectivity index (χ1n) is 9.56. The van der Waals surface area contributed by atoms with Crippen LogP contribution in [0.15, 0.2) is 78.4 Å². The van der Waals surface area contributed by atoms with Gasteiger partial charge in [-0.3, -0.25) is 4.90 Å². The molecule has 1 nitrogen and oxygen atoms in total. The van der Waals surface area contributed by atoms with E-state index in [1.165, 1.54) is 43.2 Å². The zero-order valence-electron chi connectivity index (χ0n) is 15.1. The lowest BCUT2D eigenvalue weighted by Gasteiger charge is -2.22. The van der Waals surface area contributed by atoms with E-state index >= 15 is 0 Å². The summed E-state index contributed by atoms with van der Waals surface area (Å²) in [6.45, 7) is 3.16. The maximum atomic E-state index is 2.56. The Morgan fingerprint density at radius 1 is 0.880 bits per heavy atom. The minimum atomic E-state index is 0.997. The van der Waals surface area contributed by atoms with Gasteiger partial charge >= 0.3 is 0 Å². The molecule has 1 heteroatoms. The van der Waals surface area contributed by atoms with E-state index < -0.39 is 0 Å². The maximum absolute atomic E-state index is 2.56. The largest absolute Gasteiger partial charge is 0.295 e. The van der Waals surface area contributed by atoms with Crippen molar-refractivity contribution < 1.29 is 0 Å². The lowest BCUT2D eigenvalue weighted by atomic mass is 9.97.